The molecule has 26 heavy (non-hydrogen) atoms. The zero-order valence-electron chi connectivity index (χ0n) is 14.7. The van der Waals surface area contributed by atoms with Gasteiger partial charge in [0.2, 0.25) is 21.7 Å². The van der Waals surface area contributed by atoms with Crippen LogP contribution in [0.4, 0.5) is 0 Å². The van der Waals surface area contributed by atoms with Crippen molar-refractivity contribution in [3.05, 3.63) is 71.6 Å². The van der Waals surface area contributed by atoms with Crippen LogP contribution in [0.15, 0.2) is 59.1 Å². The summed E-state index contributed by atoms with van der Waals surface area (Å²) in [6, 6.07) is 16.9. The number of hydrogen-bond acceptors (Lipinski definition) is 5. The Morgan fingerprint density at radius 1 is 1.04 bits per heavy atom. The summed E-state index contributed by atoms with van der Waals surface area (Å²) in [5.74, 6) is 1.02. The summed E-state index contributed by atoms with van der Waals surface area (Å²) in [6.45, 7) is 4.22. The van der Waals surface area contributed by atoms with Gasteiger partial charge in [0.05, 0.1) is 12.3 Å². The molecule has 0 aliphatic rings. The molecule has 0 aliphatic heterocycles. The normalized spacial score (nSPS) is 11.8. The Morgan fingerprint density at radius 2 is 1.73 bits per heavy atom. The SMILES string of the molecule is CC(C)c1ccc(-c2noc(CNS(=O)(=O)Cc3ccccc3)n2)cc1. The van der Waals surface area contributed by atoms with Crippen molar-refractivity contribution in [2.24, 2.45) is 0 Å². The first-order valence-corrected chi connectivity index (χ1v) is 10.0. The van der Waals surface area contributed by atoms with Gasteiger partial charge >= 0.3 is 0 Å². The minimum Gasteiger partial charge on any atom is -0.338 e. The highest BCUT2D eigenvalue weighted by Gasteiger charge is 2.15. The van der Waals surface area contributed by atoms with E-state index in [4.69, 9.17) is 4.52 Å². The van der Waals surface area contributed by atoms with Crippen molar-refractivity contribution < 1.29 is 12.9 Å². The maximum absolute atomic E-state index is 12.2. The van der Waals surface area contributed by atoms with E-state index in [0.717, 1.165) is 11.1 Å². The van der Waals surface area contributed by atoms with E-state index in [1.165, 1.54) is 5.56 Å². The van der Waals surface area contributed by atoms with Gasteiger partial charge in [0.25, 0.3) is 0 Å². The maximum atomic E-state index is 12.2. The van der Waals surface area contributed by atoms with Crippen LogP contribution in [0.25, 0.3) is 11.4 Å². The highest BCUT2D eigenvalue weighted by Crippen LogP contribution is 2.20. The predicted octanol–water partition coefficient (Wildman–Crippen LogP) is 3.48. The van der Waals surface area contributed by atoms with E-state index in [9.17, 15) is 8.42 Å². The van der Waals surface area contributed by atoms with Gasteiger partial charge in [0, 0.05) is 5.56 Å². The molecule has 136 valence electrons. The monoisotopic (exact) mass is 371 g/mol. The minimum absolute atomic E-state index is 0.0355. The lowest BCUT2D eigenvalue weighted by Gasteiger charge is -2.05. The van der Waals surface area contributed by atoms with Gasteiger partial charge in [-0.05, 0) is 17.0 Å². The summed E-state index contributed by atoms with van der Waals surface area (Å²) < 4.78 is 31.9. The molecule has 0 atom stereocenters. The largest absolute Gasteiger partial charge is 0.338 e. The lowest BCUT2D eigenvalue weighted by atomic mass is 10.0. The fourth-order valence-electron chi connectivity index (χ4n) is 2.48. The quantitative estimate of drug-likeness (QED) is 0.687. The first-order chi connectivity index (χ1) is 12.4. The van der Waals surface area contributed by atoms with Crippen LogP contribution >= 0.6 is 0 Å². The molecule has 0 spiro atoms. The maximum Gasteiger partial charge on any atom is 0.242 e. The number of benzene rings is 2. The molecule has 0 bridgehead atoms. The Kier molecular flexibility index (Phi) is 5.49. The zero-order chi connectivity index (χ0) is 18.6. The lowest BCUT2D eigenvalue weighted by molar-refractivity contribution is 0.376. The van der Waals surface area contributed by atoms with Gasteiger partial charge in [0.15, 0.2) is 0 Å². The van der Waals surface area contributed by atoms with Crippen LogP contribution in [0.5, 0.6) is 0 Å². The molecule has 2 aromatic carbocycles. The van der Waals surface area contributed by atoms with Crippen molar-refractivity contribution in [1.82, 2.24) is 14.9 Å². The van der Waals surface area contributed by atoms with E-state index < -0.39 is 10.0 Å². The molecule has 3 rings (SSSR count). The molecule has 1 heterocycles. The number of rotatable bonds is 7. The second-order valence-electron chi connectivity index (χ2n) is 6.35. The molecule has 6 nitrogen and oxygen atoms in total. The summed E-state index contributed by atoms with van der Waals surface area (Å²) in [5, 5.41) is 3.92. The highest BCUT2D eigenvalue weighted by atomic mass is 32.2. The molecular formula is C19H21N3O3S. The Bertz CT molecular complexity index is 949. The van der Waals surface area contributed by atoms with E-state index in [0.29, 0.717) is 11.7 Å². The number of nitrogens with one attached hydrogen (secondary N) is 1. The summed E-state index contributed by atoms with van der Waals surface area (Å²) in [4.78, 5) is 4.26. The lowest BCUT2D eigenvalue weighted by Crippen LogP contribution is -2.24. The Balaban J connectivity index is 1.63. The van der Waals surface area contributed by atoms with Crippen LogP contribution in [0.2, 0.25) is 0 Å². The molecule has 0 amide bonds. The van der Waals surface area contributed by atoms with Gasteiger partial charge in [-0.3, -0.25) is 0 Å². The van der Waals surface area contributed by atoms with Crippen LogP contribution in [0.3, 0.4) is 0 Å². The molecule has 0 fully saturated rings. The number of hydrogen-bond donors (Lipinski definition) is 1. The average molecular weight is 371 g/mol. The number of nitrogens with zero attached hydrogens (tertiary/aromatic N) is 2. The third-order valence-corrected chi connectivity index (χ3v) is 5.24. The van der Waals surface area contributed by atoms with Gasteiger partial charge in [-0.2, -0.15) is 4.98 Å². The predicted molar refractivity (Wildman–Crippen MR) is 99.7 cm³/mol. The highest BCUT2D eigenvalue weighted by molar-refractivity contribution is 7.88. The molecule has 0 aliphatic carbocycles. The first kappa shape index (κ1) is 18.3. The van der Waals surface area contributed by atoms with E-state index in [2.05, 4.69) is 28.7 Å². The molecular weight excluding hydrogens is 350 g/mol. The molecule has 0 saturated heterocycles. The zero-order valence-corrected chi connectivity index (χ0v) is 15.5. The Morgan fingerprint density at radius 3 is 2.38 bits per heavy atom. The smallest absolute Gasteiger partial charge is 0.242 e. The fourth-order valence-corrected chi connectivity index (χ4v) is 3.55. The van der Waals surface area contributed by atoms with E-state index in [1.54, 1.807) is 24.3 Å². The molecule has 1 N–H and O–H groups in total. The first-order valence-electron chi connectivity index (χ1n) is 8.37. The van der Waals surface area contributed by atoms with E-state index in [-0.39, 0.29) is 18.2 Å². The van der Waals surface area contributed by atoms with Gasteiger partial charge < -0.3 is 4.52 Å². The molecule has 0 unspecified atom stereocenters. The number of sulfonamides is 1. The molecule has 0 saturated carbocycles. The van der Waals surface area contributed by atoms with Crippen molar-refractivity contribution >= 4 is 10.0 Å². The summed E-state index contributed by atoms with van der Waals surface area (Å²) in [6.07, 6.45) is 0. The summed E-state index contributed by atoms with van der Waals surface area (Å²) in [5.41, 5.74) is 2.78. The van der Waals surface area contributed by atoms with E-state index >= 15 is 0 Å². The topological polar surface area (TPSA) is 85.1 Å². The van der Waals surface area contributed by atoms with Crippen molar-refractivity contribution in [2.45, 2.75) is 32.1 Å². The van der Waals surface area contributed by atoms with Crippen LogP contribution in [0.1, 0.15) is 36.8 Å². The fraction of sp³-hybridized carbons (Fsp3) is 0.263. The summed E-state index contributed by atoms with van der Waals surface area (Å²) in [7, 11) is -3.48. The van der Waals surface area contributed by atoms with Gasteiger partial charge in [0.1, 0.15) is 0 Å². The number of aromatic nitrogens is 2. The molecule has 1 aromatic heterocycles. The van der Waals surface area contributed by atoms with Crippen molar-refractivity contribution in [3.63, 3.8) is 0 Å². The van der Waals surface area contributed by atoms with Crippen molar-refractivity contribution in [1.29, 1.82) is 0 Å². The van der Waals surface area contributed by atoms with Crippen molar-refractivity contribution in [3.8, 4) is 11.4 Å². The molecule has 0 radical (unpaired) electrons. The van der Waals surface area contributed by atoms with Crippen LogP contribution < -0.4 is 4.72 Å². The minimum atomic E-state index is -3.48. The van der Waals surface area contributed by atoms with Gasteiger partial charge in [-0.15, -0.1) is 0 Å². The van der Waals surface area contributed by atoms with Gasteiger partial charge in [-0.1, -0.05) is 73.6 Å². The van der Waals surface area contributed by atoms with Crippen molar-refractivity contribution in [2.75, 3.05) is 0 Å². The second kappa shape index (κ2) is 7.80. The van der Waals surface area contributed by atoms with E-state index in [1.807, 2.05) is 30.3 Å². The van der Waals surface area contributed by atoms with Crippen LogP contribution in [-0.2, 0) is 22.3 Å². The Labute approximate surface area is 153 Å². The standard InChI is InChI=1S/C19H21N3O3S/c1-14(2)16-8-10-17(11-9-16)19-21-18(25-22-19)12-20-26(23,24)13-15-6-4-3-5-7-15/h3-11,14,20H,12-13H2,1-2H3. The van der Waals surface area contributed by atoms with Gasteiger partial charge in [-0.25, -0.2) is 13.1 Å². The average Bonchev–Trinajstić information content (AvgIpc) is 3.10. The second-order valence-corrected chi connectivity index (χ2v) is 8.16. The third kappa shape index (κ3) is 4.77. The third-order valence-electron chi connectivity index (χ3n) is 3.95. The molecule has 3 aromatic rings. The van der Waals surface area contributed by atoms with Crippen LogP contribution in [0, 0.1) is 0 Å². The Hall–Kier alpha value is -2.51. The summed E-state index contributed by atoms with van der Waals surface area (Å²) >= 11 is 0. The van der Waals surface area contributed by atoms with Crippen LogP contribution in [-0.4, -0.2) is 18.6 Å². The molecule has 7 heteroatoms.